The summed E-state index contributed by atoms with van der Waals surface area (Å²) in [6, 6.07) is 0.109. The van der Waals surface area contributed by atoms with Crippen LogP contribution in [0.3, 0.4) is 0 Å². The third-order valence-corrected chi connectivity index (χ3v) is 5.64. The molecule has 1 aliphatic carbocycles. The van der Waals surface area contributed by atoms with E-state index in [0.29, 0.717) is 13.1 Å². The molecule has 0 aromatic carbocycles. The van der Waals surface area contributed by atoms with Gasteiger partial charge in [-0.15, -0.1) is 0 Å². The number of piperidine rings is 1. The zero-order valence-corrected chi connectivity index (χ0v) is 11.7. The van der Waals surface area contributed by atoms with Gasteiger partial charge in [0, 0.05) is 25.7 Å². The molecular formula is C12H24N2O3S. The SMILES string of the molecule is O=S(=O)(NC1CCCCC1)N1CCCC(CO)C1. The number of nitrogens with zero attached hydrogens (tertiary/aromatic N) is 1. The molecule has 18 heavy (non-hydrogen) atoms. The van der Waals surface area contributed by atoms with Crippen molar-refractivity contribution in [1.82, 2.24) is 9.03 Å². The first kappa shape index (κ1) is 14.2. The van der Waals surface area contributed by atoms with Crippen molar-refractivity contribution < 1.29 is 13.5 Å². The van der Waals surface area contributed by atoms with E-state index in [9.17, 15) is 8.42 Å². The van der Waals surface area contributed by atoms with E-state index in [1.807, 2.05) is 0 Å². The highest BCUT2D eigenvalue weighted by atomic mass is 32.2. The normalized spacial score (nSPS) is 28.4. The number of hydrogen-bond acceptors (Lipinski definition) is 3. The van der Waals surface area contributed by atoms with Crippen molar-refractivity contribution >= 4 is 10.2 Å². The van der Waals surface area contributed by atoms with Crippen molar-refractivity contribution in [3.8, 4) is 0 Å². The smallest absolute Gasteiger partial charge is 0.279 e. The molecule has 2 aliphatic rings. The fourth-order valence-electron chi connectivity index (χ4n) is 2.90. The van der Waals surface area contributed by atoms with Crippen LogP contribution >= 0.6 is 0 Å². The molecule has 6 heteroatoms. The minimum Gasteiger partial charge on any atom is -0.396 e. The first-order valence-corrected chi connectivity index (χ1v) is 8.44. The fourth-order valence-corrected chi connectivity index (χ4v) is 4.48. The summed E-state index contributed by atoms with van der Waals surface area (Å²) >= 11 is 0. The Morgan fingerprint density at radius 3 is 2.50 bits per heavy atom. The largest absolute Gasteiger partial charge is 0.396 e. The maximum atomic E-state index is 12.2. The summed E-state index contributed by atoms with van der Waals surface area (Å²) in [5.41, 5.74) is 0. The number of nitrogens with one attached hydrogen (secondary N) is 1. The van der Waals surface area contributed by atoms with Crippen LogP contribution in [0.15, 0.2) is 0 Å². The maximum absolute atomic E-state index is 12.2. The second-order valence-corrected chi connectivity index (χ2v) is 7.21. The Labute approximate surface area is 110 Å². The summed E-state index contributed by atoms with van der Waals surface area (Å²) in [6.45, 7) is 1.12. The molecule has 0 amide bonds. The molecule has 0 aromatic heterocycles. The van der Waals surface area contributed by atoms with Gasteiger partial charge in [-0.3, -0.25) is 0 Å². The van der Waals surface area contributed by atoms with Crippen LogP contribution in [0.2, 0.25) is 0 Å². The van der Waals surface area contributed by atoms with Gasteiger partial charge >= 0.3 is 0 Å². The molecule has 0 bridgehead atoms. The van der Waals surface area contributed by atoms with Gasteiger partial charge < -0.3 is 5.11 Å². The van der Waals surface area contributed by atoms with Crippen LogP contribution in [0.25, 0.3) is 0 Å². The number of hydrogen-bond donors (Lipinski definition) is 2. The predicted molar refractivity (Wildman–Crippen MR) is 70.3 cm³/mol. The van der Waals surface area contributed by atoms with Crippen LogP contribution in [0.1, 0.15) is 44.9 Å². The second kappa shape index (κ2) is 6.32. The standard InChI is InChI=1S/C12H24N2O3S/c15-10-11-5-4-8-14(9-11)18(16,17)13-12-6-2-1-3-7-12/h11-13,15H,1-10H2. The van der Waals surface area contributed by atoms with Crippen molar-refractivity contribution in [3.05, 3.63) is 0 Å². The van der Waals surface area contributed by atoms with E-state index in [0.717, 1.165) is 38.5 Å². The first-order chi connectivity index (χ1) is 8.62. The van der Waals surface area contributed by atoms with Crippen LogP contribution in [0, 0.1) is 5.92 Å². The number of aliphatic hydroxyl groups is 1. The van der Waals surface area contributed by atoms with E-state index in [2.05, 4.69) is 4.72 Å². The quantitative estimate of drug-likeness (QED) is 0.800. The van der Waals surface area contributed by atoms with Gasteiger partial charge in [-0.1, -0.05) is 19.3 Å². The van der Waals surface area contributed by atoms with Gasteiger partial charge in [0.25, 0.3) is 10.2 Å². The lowest BCUT2D eigenvalue weighted by molar-refractivity contribution is 0.164. The van der Waals surface area contributed by atoms with Crippen LogP contribution in [-0.2, 0) is 10.2 Å². The highest BCUT2D eigenvalue weighted by molar-refractivity contribution is 7.87. The molecule has 2 N–H and O–H groups in total. The summed E-state index contributed by atoms with van der Waals surface area (Å²) in [5, 5.41) is 9.15. The van der Waals surface area contributed by atoms with Gasteiger partial charge in [0.1, 0.15) is 0 Å². The molecule has 1 heterocycles. The van der Waals surface area contributed by atoms with E-state index in [4.69, 9.17) is 5.11 Å². The fraction of sp³-hybridized carbons (Fsp3) is 1.00. The van der Waals surface area contributed by atoms with Gasteiger partial charge in [-0.05, 0) is 31.6 Å². The minimum absolute atomic E-state index is 0.0788. The van der Waals surface area contributed by atoms with E-state index in [1.54, 1.807) is 0 Å². The molecule has 2 rings (SSSR count). The molecule has 1 unspecified atom stereocenters. The molecule has 0 radical (unpaired) electrons. The first-order valence-electron chi connectivity index (χ1n) is 7.00. The lowest BCUT2D eigenvalue weighted by atomic mass is 9.96. The van der Waals surface area contributed by atoms with Crippen LogP contribution < -0.4 is 4.72 Å². The number of rotatable bonds is 4. The van der Waals surface area contributed by atoms with Crippen LogP contribution in [0.5, 0.6) is 0 Å². The molecule has 2 fully saturated rings. The average Bonchev–Trinajstić information content (AvgIpc) is 2.39. The van der Waals surface area contributed by atoms with E-state index in [1.165, 1.54) is 10.7 Å². The maximum Gasteiger partial charge on any atom is 0.279 e. The molecular weight excluding hydrogens is 252 g/mol. The second-order valence-electron chi connectivity index (χ2n) is 5.51. The van der Waals surface area contributed by atoms with E-state index in [-0.39, 0.29) is 18.6 Å². The minimum atomic E-state index is -3.35. The molecule has 5 nitrogen and oxygen atoms in total. The molecule has 0 aromatic rings. The van der Waals surface area contributed by atoms with E-state index < -0.39 is 10.2 Å². The van der Waals surface area contributed by atoms with Gasteiger partial charge in [0.2, 0.25) is 0 Å². The Kier molecular flexibility index (Phi) is 5.00. The Bertz CT molecular complexity index is 352. The molecule has 1 saturated carbocycles. The highest BCUT2D eigenvalue weighted by Crippen LogP contribution is 2.21. The summed E-state index contributed by atoms with van der Waals surface area (Å²) in [4.78, 5) is 0. The Balaban J connectivity index is 1.92. The van der Waals surface area contributed by atoms with Gasteiger partial charge in [0.15, 0.2) is 0 Å². The lowest BCUT2D eigenvalue weighted by Gasteiger charge is -2.33. The van der Waals surface area contributed by atoms with Crippen molar-refractivity contribution in [2.75, 3.05) is 19.7 Å². The van der Waals surface area contributed by atoms with Gasteiger partial charge in [-0.25, -0.2) is 0 Å². The molecule has 1 saturated heterocycles. The Hall–Kier alpha value is -0.170. The Morgan fingerprint density at radius 1 is 1.11 bits per heavy atom. The van der Waals surface area contributed by atoms with Gasteiger partial charge in [0.05, 0.1) is 0 Å². The molecule has 0 spiro atoms. The highest BCUT2D eigenvalue weighted by Gasteiger charge is 2.30. The zero-order chi connectivity index (χ0) is 13.0. The predicted octanol–water partition coefficient (Wildman–Crippen LogP) is 0.858. The van der Waals surface area contributed by atoms with Crippen molar-refractivity contribution in [2.45, 2.75) is 51.0 Å². The van der Waals surface area contributed by atoms with E-state index >= 15 is 0 Å². The van der Waals surface area contributed by atoms with Gasteiger partial charge in [-0.2, -0.15) is 17.4 Å². The zero-order valence-electron chi connectivity index (χ0n) is 10.8. The number of aliphatic hydroxyl groups excluding tert-OH is 1. The third-order valence-electron chi connectivity index (χ3n) is 4.00. The summed E-state index contributed by atoms with van der Waals surface area (Å²) in [5.74, 6) is 0.0988. The molecule has 106 valence electrons. The lowest BCUT2D eigenvalue weighted by Crippen LogP contribution is -2.49. The van der Waals surface area contributed by atoms with Crippen molar-refractivity contribution in [3.63, 3.8) is 0 Å². The van der Waals surface area contributed by atoms with Crippen LogP contribution in [0.4, 0.5) is 0 Å². The van der Waals surface area contributed by atoms with Crippen molar-refractivity contribution in [1.29, 1.82) is 0 Å². The third kappa shape index (κ3) is 3.66. The van der Waals surface area contributed by atoms with Crippen LogP contribution in [-0.4, -0.2) is 43.6 Å². The van der Waals surface area contributed by atoms with Crippen molar-refractivity contribution in [2.24, 2.45) is 5.92 Å². The molecule has 1 atom stereocenters. The summed E-state index contributed by atoms with van der Waals surface area (Å²) in [6.07, 6.45) is 7.13. The Morgan fingerprint density at radius 2 is 1.83 bits per heavy atom. The average molecular weight is 276 g/mol. The monoisotopic (exact) mass is 276 g/mol. The summed E-state index contributed by atoms with van der Waals surface area (Å²) < 4.78 is 28.8. The molecule has 1 aliphatic heterocycles. The summed E-state index contributed by atoms with van der Waals surface area (Å²) in [7, 11) is -3.35. The topological polar surface area (TPSA) is 69.6 Å².